The third-order valence-corrected chi connectivity index (χ3v) is 3.70. The van der Waals surface area contributed by atoms with Gasteiger partial charge in [0.1, 0.15) is 11.5 Å². The van der Waals surface area contributed by atoms with E-state index >= 15 is 0 Å². The number of morpholine rings is 1. The van der Waals surface area contributed by atoms with Crippen LogP contribution in [0.3, 0.4) is 0 Å². The fourth-order valence-electron chi connectivity index (χ4n) is 2.41. The summed E-state index contributed by atoms with van der Waals surface area (Å²) in [5.41, 5.74) is 0.688. The van der Waals surface area contributed by atoms with Crippen molar-refractivity contribution in [3.8, 4) is 0 Å². The summed E-state index contributed by atoms with van der Waals surface area (Å²) < 4.78 is 23.4. The minimum Gasteiger partial charge on any atom is -0.459 e. The van der Waals surface area contributed by atoms with E-state index in [0.717, 1.165) is 0 Å². The van der Waals surface area contributed by atoms with E-state index in [2.05, 4.69) is 5.32 Å². The molecule has 1 saturated heterocycles. The van der Waals surface area contributed by atoms with Crippen molar-refractivity contribution in [1.82, 2.24) is 10.2 Å². The van der Waals surface area contributed by atoms with Crippen LogP contribution in [-0.2, 0) is 9.53 Å². The topological polar surface area (TPSA) is 71.8 Å². The summed E-state index contributed by atoms with van der Waals surface area (Å²) in [4.78, 5) is 26.6. The highest BCUT2D eigenvalue weighted by Crippen LogP contribution is 2.12. The number of furan rings is 1. The molecule has 0 radical (unpaired) electrons. The Morgan fingerprint density at radius 1 is 1.12 bits per heavy atom. The largest absolute Gasteiger partial charge is 0.459 e. The molecule has 1 aliphatic rings. The lowest BCUT2D eigenvalue weighted by Crippen LogP contribution is -2.44. The number of carbonyl (C=O) groups is 2. The second-order valence-corrected chi connectivity index (χ2v) is 5.45. The van der Waals surface area contributed by atoms with Gasteiger partial charge in [-0.25, -0.2) is 4.39 Å². The van der Waals surface area contributed by atoms with E-state index in [1.165, 1.54) is 42.7 Å². The fraction of sp³-hybridized carbons (Fsp3) is 0.222. The Bertz CT molecular complexity index is 763. The summed E-state index contributed by atoms with van der Waals surface area (Å²) in [7, 11) is 0. The zero-order valence-corrected chi connectivity index (χ0v) is 13.4. The summed E-state index contributed by atoms with van der Waals surface area (Å²) in [5.74, 6) is -1.13. The van der Waals surface area contributed by atoms with E-state index in [0.29, 0.717) is 31.9 Å². The average molecular weight is 344 g/mol. The lowest BCUT2D eigenvalue weighted by atomic mass is 10.1. The molecule has 25 heavy (non-hydrogen) atoms. The molecular weight excluding hydrogens is 327 g/mol. The van der Waals surface area contributed by atoms with Gasteiger partial charge in [-0.15, -0.1) is 0 Å². The van der Waals surface area contributed by atoms with E-state index in [4.69, 9.17) is 9.15 Å². The van der Waals surface area contributed by atoms with Crippen molar-refractivity contribution in [3.63, 3.8) is 0 Å². The number of halogens is 1. The highest BCUT2D eigenvalue weighted by atomic mass is 19.1. The Morgan fingerprint density at radius 2 is 1.84 bits per heavy atom. The van der Waals surface area contributed by atoms with Gasteiger partial charge in [-0.05, 0) is 35.9 Å². The van der Waals surface area contributed by atoms with Crippen molar-refractivity contribution in [1.29, 1.82) is 0 Å². The van der Waals surface area contributed by atoms with Gasteiger partial charge < -0.3 is 19.4 Å². The molecule has 1 N–H and O–H groups in total. The third-order valence-electron chi connectivity index (χ3n) is 3.70. The second kappa shape index (κ2) is 7.76. The van der Waals surface area contributed by atoms with Crippen molar-refractivity contribution in [2.75, 3.05) is 26.3 Å². The van der Waals surface area contributed by atoms with E-state index in [1.807, 2.05) is 0 Å². The molecule has 0 saturated carbocycles. The number of nitrogens with one attached hydrogen (secondary N) is 1. The molecule has 6 nitrogen and oxygen atoms in total. The first-order valence-electron chi connectivity index (χ1n) is 7.82. The first kappa shape index (κ1) is 16.9. The number of ether oxygens (including phenoxy) is 1. The van der Waals surface area contributed by atoms with Crippen molar-refractivity contribution >= 4 is 17.9 Å². The SMILES string of the molecule is O=C(N/C(=C/c1ccc(F)cc1)C(=O)N1CCOCC1)c1ccco1. The number of hydrogen-bond donors (Lipinski definition) is 1. The van der Waals surface area contributed by atoms with Gasteiger partial charge in [-0.2, -0.15) is 0 Å². The number of carbonyl (C=O) groups excluding carboxylic acids is 2. The number of rotatable bonds is 4. The van der Waals surface area contributed by atoms with Crippen LogP contribution in [0.2, 0.25) is 0 Å². The number of nitrogens with zero attached hydrogens (tertiary/aromatic N) is 1. The normalized spacial score (nSPS) is 15.1. The lowest BCUT2D eigenvalue weighted by molar-refractivity contribution is -0.131. The van der Waals surface area contributed by atoms with Crippen LogP contribution in [0, 0.1) is 5.82 Å². The van der Waals surface area contributed by atoms with E-state index in [1.54, 1.807) is 11.0 Å². The first-order chi connectivity index (χ1) is 12.1. The van der Waals surface area contributed by atoms with Gasteiger partial charge in [0.05, 0.1) is 19.5 Å². The maximum absolute atomic E-state index is 13.1. The Morgan fingerprint density at radius 3 is 2.48 bits per heavy atom. The maximum Gasteiger partial charge on any atom is 0.291 e. The maximum atomic E-state index is 13.1. The molecule has 2 amide bonds. The molecule has 0 spiro atoms. The van der Waals surface area contributed by atoms with Gasteiger partial charge in [0.2, 0.25) is 0 Å². The van der Waals surface area contributed by atoms with Gasteiger partial charge in [0.25, 0.3) is 11.8 Å². The van der Waals surface area contributed by atoms with E-state index in [9.17, 15) is 14.0 Å². The zero-order chi connectivity index (χ0) is 17.6. The van der Waals surface area contributed by atoms with Crippen LogP contribution in [0.5, 0.6) is 0 Å². The van der Waals surface area contributed by atoms with Gasteiger partial charge in [-0.1, -0.05) is 12.1 Å². The Balaban J connectivity index is 1.85. The van der Waals surface area contributed by atoms with Crippen molar-refractivity contribution in [2.45, 2.75) is 0 Å². The molecule has 2 heterocycles. The lowest BCUT2D eigenvalue weighted by Gasteiger charge is -2.27. The van der Waals surface area contributed by atoms with Crippen LogP contribution in [0.4, 0.5) is 4.39 Å². The predicted octanol–water partition coefficient (Wildman–Crippen LogP) is 2.05. The van der Waals surface area contributed by atoms with E-state index in [-0.39, 0.29) is 23.2 Å². The number of amides is 2. The number of hydrogen-bond acceptors (Lipinski definition) is 4. The summed E-state index contributed by atoms with van der Waals surface area (Å²) in [6, 6.07) is 8.72. The minimum atomic E-state index is -0.528. The highest BCUT2D eigenvalue weighted by Gasteiger charge is 2.23. The highest BCUT2D eigenvalue weighted by molar-refractivity contribution is 6.04. The molecule has 0 aliphatic carbocycles. The van der Waals surface area contributed by atoms with Crippen LogP contribution in [0.1, 0.15) is 16.1 Å². The number of benzene rings is 1. The van der Waals surface area contributed by atoms with Gasteiger partial charge >= 0.3 is 0 Å². The van der Waals surface area contributed by atoms with Crippen LogP contribution >= 0.6 is 0 Å². The molecule has 130 valence electrons. The monoisotopic (exact) mass is 344 g/mol. The minimum absolute atomic E-state index is 0.0925. The van der Waals surface area contributed by atoms with Crippen molar-refractivity contribution in [2.24, 2.45) is 0 Å². The molecule has 0 unspecified atom stereocenters. The quantitative estimate of drug-likeness (QED) is 0.862. The molecule has 1 aliphatic heterocycles. The summed E-state index contributed by atoms with van der Waals surface area (Å²) >= 11 is 0. The molecule has 1 fully saturated rings. The summed E-state index contributed by atoms with van der Waals surface area (Å²) in [5, 5.41) is 2.58. The van der Waals surface area contributed by atoms with Gasteiger partial charge in [0, 0.05) is 13.1 Å². The molecule has 0 bridgehead atoms. The molecule has 0 atom stereocenters. The van der Waals surface area contributed by atoms with E-state index < -0.39 is 5.91 Å². The molecule has 3 rings (SSSR count). The molecule has 1 aromatic heterocycles. The first-order valence-corrected chi connectivity index (χ1v) is 7.82. The Labute approximate surface area is 143 Å². The second-order valence-electron chi connectivity index (χ2n) is 5.45. The smallest absolute Gasteiger partial charge is 0.291 e. The third kappa shape index (κ3) is 4.33. The Kier molecular flexibility index (Phi) is 5.25. The summed E-state index contributed by atoms with van der Waals surface area (Å²) in [6.45, 7) is 1.77. The van der Waals surface area contributed by atoms with Crippen molar-refractivity contribution < 1.29 is 23.1 Å². The van der Waals surface area contributed by atoms with Gasteiger partial charge in [0.15, 0.2) is 5.76 Å². The molecule has 7 heteroatoms. The van der Waals surface area contributed by atoms with Crippen LogP contribution < -0.4 is 5.32 Å². The predicted molar refractivity (Wildman–Crippen MR) is 88.0 cm³/mol. The Hall–Kier alpha value is -2.93. The van der Waals surface area contributed by atoms with Crippen LogP contribution in [0.15, 0.2) is 52.8 Å². The fourth-order valence-corrected chi connectivity index (χ4v) is 2.41. The standard InChI is InChI=1S/C18H17FN2O4/c19-14-5-3-13(4-6-14)12-15(18(23)21-7-10-24-11-8-21)20-17(22)16-2-1-9-25-16/h1-6,9,12H,7-8,10-11H2,(H,20,22)/b15-12+. The molecule has 1 aromatic carbocycles. The molecule has 2 aromatic rings. The van der Waals surface area contributed by atoms with Crippen LogP contribution in [0.25, 0.3) is 6.08 Å². The summed E-state index contributed by atoms with van der Waals surface area (Å²) in [6.07, 6.45) is 2.89. The average Bonchev–Trinajstić information content (AvgIpc) is 3.18. The van der Waals surface area contributed by atoms with Gasteiger partial charge in [-0.3, -0.25) is 9.59 Å². The van der Waals surface area contributed by atoms with Crippen molar-refractivity contribution in [3.05, 3.63) is 65.5 Å². The zero-order valence-electron chi connectivity index (χ0n) is 13.4. The molecular formula is C18H17FN2O4. The van der Waals surface area contributed by atoms with Crippen LogP contribution in [-0.4, -0.2) is 43.0 Å².